The van der Waals surface area contributed by atoms with Crippen molar-refractivity contribution in [3.05, 3.63) is 70.0 Å². The molecular formula is C22H23ClFN3O3. The minimum Gasteiger partial charge on any atom is -0.341 e. The first-order valence-electron chi connectivity index (χ1n) is 9.67. The van der Waals surface area contributed by atoms with E-state index in [1.807, 2.05) is 13.0 Å². The molecule has 1 aliphatic rings. The zero-order chi connectivity index (χ0) is 21.8. The number of halogens is 2. The molecule has 8 heteroatoms. The summed E-state index contributed by atoms with van der Waals surface area (Å²) in [5.74, 6) is -1.62. The molecule has 0 aromatic heterocycles. The van der Waals surface area contributed by atoms with Crippen molar-refractivity contribution in [3.8, 4) is 0 Å². The van der Waals surface area contributed by atoms with Crippen LogP contribution in [0.3, 0.4) is 0 Å². The van der Waals surface area contributed by atoms with Gasteiger partial charge in [0.2, 0.25) is 5.91 Å². The van der Waals surface area contributed by atoms with Crippen molar-refractivity contribution < 1.29 is 18.8 Å². The summed E-state index contributed by atoms with van der Waals surface area (Å²) in [6.07, 6.45) is 0. The number of carbonyl (C=O) groups is 3. The third kappa shape index (κ3) is 4.97. The van der Waals surface area contributed by atoms with Crippen molar-refractivity contribution >= 4 is 29.3 Å². The fourth-order valence-corrected chi connectivity index (χ4v) is 3.54. The Kier molecular flexibility index (Phi) is 6.72. The Bertz CT molecular complexity index is 974. The van der Waals surface area contributed by atoms with E-state index in [4.69, 9.17) is 11.6 Å². The van der Waals surface area contributed by atoms with Crippen LogP contribution in [0.4, 0.5) is 4.39 Å². The van der Waals surface area contributed by atoms with Crippen molar-refractivity contribution in [3.63, 3.8) is 0 Å². The van der Waals surface area contributed by atoms with E-state index in [0.29, 0.717) is 18.7 Å². The van der Waals surface area contributed by atoms with E-state index in [1.54, 1.807) is 30.0 Å². The molecule has 1 atom stereocenters. The third-order valence-electron chi connectivity index (χ3n) is 5.04. The molecule has 2 aromatic carbocycles. The fourth-order valence-electron chi connectivity index (χ4n) is 3.36. The maximum atomic E-state index is 14.0. The highest BCUT2D eigenvalue weighted by Crippen LogP contribution is 2.18. The number of rotatable bonds is 4. The molecule has 0 saturated carbocycles. The number of piperazine rings is 1. The van der Waals surface area contributed by atoms with Gasteiger partial charge in [-0.05, 0) is 44.2 Å². The summed E-state index contributed by atoms with van der Waals surface area (Å²) in [5, 5.41) is 3.00. The van der Waals surface area contributed by atoms with Gasteiger partial charge in [-0.1, -0.05) is 29.3 Å². The Hall–Kier alpha value is -2.93. The van der Waals surface area contributed by atoms with Crippen molar-refractivity contribution in [2.75, 3.05) is 26.2 Å². The minimum atomic E-state index is -0.703. The van der Waals surface area contributed by atoms with Gasteiger partial charge in [0.1, 0.15) is 11.9 Å². The van der Waals surface area contributed by atoms with Gasteiger partial charge in [0.05, 0.1) is 5.56 Å². The van der Waals surface area contributed by atoms with Gasteiger partial charge >= 0.3 is 0 Å². The van der Waals surface area contributed by atoms with Crippen LogP contribution in [0.2, 0.25) is 5.02 Å². The van der Waals surface area contributed by atoms with E-state index in [1.165, 1.54) is 17.0 Å². The quantitative estimate of drug-likeness (QED) is 0.809. The largest absolute Gasteiger partial charge is 0.341 e. The molecular weight excluding hydrogens is 409 g/mol. The van der Waals surface area contributed by atoms with Gasteiger partial charge in [0, 0.05) is 36.8 Å². The molecule has 6 nitrogen and oxygen atoms in total. The fraction of sp³-hybridized carbons (Fsp3) is 0.318. The summed E-state index contributed by atoms with van der Waals surface area (Å²) in [4.78, 5) is 40.7. The van der Waals surface area contributed by atoms with Crippen LogP contribution in [0.25, 0.3) is 0 Å². The Labute approximate surface area is 179 Å². The monoisotopic (exact) mass is 431 g/mol. The average Bonchev–Trinajstić information content (AvgIpc) is 2.74. The second-order valence-electron chi connectivity index (χ2n) is 7.31. The van der Waals surface area contributed by atoms with Gasteiger partial charge in [-0.3, -0.25) is 14.4 Å². The zero-order valence-electron chi connectivity index (χ0n) is 16.8. The molecule has 0 bridgehead atoms. The topological polar surface area (TPSA) is 69.7 Å². The molecule has 1 saturated heterocycles. The molecule has 1 fully saturated rings. The van der Waals surface area contributed by atoms with Crippen LogP contribution in [0, 0.1) is 12.7 Å². The van der Waals surface area contributed by atoms with Gasteiger partial charge in [0.25, 0.3) is 11.8 Å². The van der Waals surface area contributed by atoms with Crippen LogP contribution in [0.1, 0.15) is 33.2 Å². The number of benzene rings is 2. The van der Waals surface area contributed by atoms with Gasteiger partial charge < -0.3 is 15.1 Å². The van der Waals surface area contributed by atoms with E-state index in [-0.39, 0.29) is 35.5 Å². The number of nitrogens with one attached hydrogen (secondary N) is 1. The highest BCUT2D eigenvalue weighted by atomic mass is 35.5. The molecule has 2 aromatic rings. The lowest BCUT2D eigenvalue weighted by Crippen LogP contribution is -2.55. The van der Waals surface area contributed by atoms with Crippen LogP contribution in [0.5, 0.6) is 0 Å². The first-order chi connectivity index (χ1) is 14.3. The second-order valence-corrected chi connectivity index (χ2v) is 7.74. The van der Waals surface area contributed by atoms with Crippen LogP contribution in [0.15, 0.2) is 42.5 Å². The van der Waals surface area contributed by atoms with Crippen molar-refractivity contribution in [2.45, 2.75) is 19.9 Å². The summed E-state index contributed by atoms with van der Waals surface area (Å²) in [6.45, 7) is 4.68. The maximum Gasteiger partial charge on any atom is 0.257 e. The number of hydrogen-bond donors (Lipinski definition) is 1. The van der Waals surface area contributed by atoms with Crippen molar-refractivity contribution in [2.24, 2.45) is 0 Å². The molecule has 1 heterocycles. The van der Waals surface area contributed by atoms with Gasteiger partial charge in [-0.2, -0.15) is 0 Å². The number of amides is 3. The first kappa shape index (κ1) is 21.8. The standard InChI is InChI=1S/C22H23ClFN3O3/c1-14-4-3-5-16(12-14)20(28)25-15(2)21(29)26-8-10-27(11-9-26)22(30)18-13-17(23)6-7-19(18)24/h3-7,12-13,15H,8-11H2,1-2H3,(H,25,28). The highest BCUT2D eigenvalue weighted by molar-refractivity contribution is 6.31. The molecule has 3 rings (SSSR count). The van der Waals surface area contributed by atoms with E-state index in [2.05, 4.69) is 5.32 Å². The molecule has 158 valence electrons. The van der Waals surface area contributed by atoms with Crippen molar-refractivity contribution in [1.82, 2.24) is 15.1 Å². The van der Waals surface area contributed by atoms with E-state index in [9.17, 15) is 18.8 Å². The number of carbonyl (C=O) groups excluding carboxylic acids is 3. The summed E-state index contributed by atoms with van der Waals surface area (Å²) >= 11 is 5.87. The number of aryl methyl sites for hydroxylation is 1. The third-order valence-corrected chi connectivity index (χ3v) is 5.27. The average molecular weight is 432 g/mol. The zero-order valence-corrected chi connectivity index (χ0v) is 17.6. The lowest BCUT2D eigenvalue weighted by Gasteiger charge is -2.36. The predicted octanol–water partition coefficient (Wildman–Crippen LogP) is 2.89. The highest BCUT2D eigenvalue weighted by Gasteiger charge is 2.29. The number of nitrogens with zero attached hydrogens (tertiary/aromatic N) is 2. The second kappa shape index (κ2) is 9.26. The molecule has 1 aliphatic heterocycles. The van der Waals surface area contributed by atoms with Gasteiger partial charge in [-0.25, -0.2) is 4.39 Å². The molecule has 0 spiro atoms. The molecule has 0 aliphatic carbocycles. The van der Waals surface area contributed by atoms with E-state index >= 15 is 0 Å². The van der Waals surface area contributed by atoms with Crippen molar-refractivity contribution in [1.29, 1.82) is 0 Å². The Balaban J connectivity index is 1.56. The smallest absolute Gasteiger partial charge is 0.257 e. The predicted molar refractivity (Wildman–Crippen MR) is 112 cm³/mol. The van der Waals surface area contributed by atoms with E-state index in [0.717, 1.165) is 11.6 Å². The molecule has 3 amide bonds. The normalized spacial score (nSPS) is 14.9. The molecule has 1 N–H and O–H groups in total. The summed E-state index contributed by atoms with van der Waals surface area (Å²) in [5.41, 5.74) is 1.37. The Morgan fingerprint density at radius 2 is 1.70 bits per heavy atom. The summed E-state index contributed by atoms with van der Waals surface area (Å²) < 4.78 is 14.0. The summed E-state index contributed by atoms with van der Waals surface area (Å²) in [7, 11) is 0. The van der Waals surface area contributed by atoms with Gasteiger partial charge in [-0.15, -0.1) is 0 Å². The molecule has 0 radical (unpaired) electrons. The Morgan fingerprint density at radius 1 is 1.03 bits per heavy atom. The lowest BCUT2D eigenvalue weighted by atomic mass is 10.1. The van der Waals surface area contributed by atoms with Crippen LogP contribution >= 0.6 is 11.6 Å². The SMILES string of the molecule is Cc1cccc(C(=O)NC(C)C(=O)N2CCN(C(=O)c3cc(Cl)ccc3F)CC2)c1. The number of hydrogen-bond acceptors (Lipinski definition) is 3. The summed E-state index contributed by atoms with van der Waals surface area (Å²) in [6, 6.07) is 10.3. The first-order valence-corrected chi connectivity index (χ1v) is 10.0. The molecule has 1 unspecified atom stereocenters. The van der Waals surface area contributed by atoms with E-state index < -0.39 is 17.8 Å². The Morgan fingerprint density at radius 3 is 2.37 bits per heavy atom. The van der Waals surface area contributed by atoms with Crippen LogP contribution in [-0.2, 0) is 4.79 Å². The van der Waals surface area contributed by atoms with Gasteiger partial charge in [0.15, 0.2) is 0 Å². The van der Waals surface area contributed by atoms with Crippen LogP contribution in [-0.4, -0.2) is 59.7 Å². The maximum absolute atomic E-state index is 14.0. The molecule has 30 heavy (non-hydrogen) atoms. The lowest BCUT2D eigenvalue weighted by molar-refractivity contribution is -0.134. The van der Waals surface area contributed by atoms with Crippen LogP contribution < -0.4 is 5.32 Å². The minimum absolute atomic E-state index is 0.0823.